The van der Waals surface area contributed by atoms with Gasteiger partial charge in [0.25, 0.3) is 0 Å². The van der Waals surface area contributed by atoms with E-state index >= 15 is 0 Å². The molecule has 144 valence electrons. The van der Waals surface area contributed by atoms with Crippen molar-refractivity contribution in [3.8, 4) is 0 Å². The van der Waals surface area contributed by atoms with E-state index < -0.39 is 0 Å². The Kier molecular flexibility index (Phi) is 6.34. The first-order valence-corrected chi connectivity index (χ1v) is 9.47. The summed E-state index contributed by atoms with van der Waals surface area (Å²) in [7, 11) is 0. The van der Waals surface area contributed by atoms with E-state index in [1.165, 1.54) is 6.33 Å². The van der Waals surface area contributed by atoms with E-state index in [-0.39, 0.29) is 12.1 Å². The number of rotatable bonds is 5. The normalized spacial score (nSPS) is 14.7. The highest BCUT2D eigenvalue weighted by molar-refractivity contribution is 6.31. The number of hydrogen-bond donors (Lipinski definition) is 2. The quantitative estimate of drug-likeness (QED) is 0.797. The third-order valence-electron chi connectivity index (χ3n) is 4.57. The van der Waals surface area contributed by atoms with Gasteiger partial charge < -0.3 is 20.3 Å². The zero-order valence-corrected chi connectivity index (χ0v) is 16.3. The molecule has 0 radical (unpaired) electrons. The van der Waals surface area contributed by atoms with Gasteiger partial charge in [0.05, 0.1) is 6.61 Å². The van der Waals surface area contributed by atoms with E-state index in [1.807, 2.05) is 38.1 Å². The van der Waals surface area contributed by atoms with Crippen LogP contribution in [0, 0.1) is 6.92 Å². The Morgan fingerprint density at radius 3 is 2.78 bits per heavy atom. The van der Waals surface area contributed by atoms with Gasteiger partial charge in [0.15, 0.2) is 0 Å². The second-order valence-corrected chi connectivity index (χ2v) is 6.84. The monoisotopic (exact) mass is 389 g/mol. The average Bonchev–Trinajstić information content (AvgIpc) is 2.67. The number of benzene rings is 1. The Hall–Kier alpha value is -2.54. The van der Waals surface area contributed by atoms with Gasteiger partial charge in [-0.15, -0.1) is 0 Å². The van der Waals surface area contributed by atoms with Crippen molar-refractivity contribution in [3.05, 3.63) is 41.2 Å². The van der Waals surface area contributed by atoms with Gasteiger partial charge in [-0.2, -0.15) is 0 Å². The molecule has 7 nitrogen and oxygen atoms in total. The van der Waals surface area contributed by atoms with Crippen LogP contribution in [0.3, 0.4) is 0 Å². The highest BCUT2D eigenvalue weighted by Crippen LogP contribution is 2.26. The summed E-state index contributed by atoms with van der Waals surface area (Å²) in [6.45, 7) is 5.53. The number of anilines is 3. The van der Waals surface area contributed by atoms with E-state index in [1.54, 1.807) is 4.90 Å². The highest BCUT2D eigenvalue weighted by Gasteiger charge is 2.23. The summed E-state index contributed by atoms with van der Waals surface area (Å²) >= 11 is 6.17. The van der Waals surface area contributed by atoms with Crippen LogP contribution in [0.1, 0.15) is 25.3 Å². The SMILES string of the molecule is CCOC(=O)N1CCC(Nc2cc(Nc3cccc(Cl)c3C)ncn2)CC1. The number of aromatic nitrogens is 2. The average molecular weight is 390 g/mol. The minimum absolute atomic E-state index is 0.235. The summed E-state index contributed by atoms with van der Waals surface area (Å²) < 4.78 is 5.05. The van der Waals surface area contributed by atoms with Gasteiger partial charge in [0.1, 0.15) is 18.0 Å². The van der Waals surface area contributed by atoms with Crippen LogP contribution in [0.4, 0.5) is 22.1 Å². The zero-order valence-electron chi connectivity index (χ0n) is 15.5. The predicted octanol–water partition coefficient (Wildman–Crippen LogP) is 4.21. The summed E-state index contributed by atoms with van der Waals surface area (Å²) in [5.74, 6) is 1.45. The van der Waals surface area contributed by atoms with Gasteiger partial charge in [0, 0.05) is 35.9 Å². The van der Waals surface area contributed by atoms with Crippen molar-refractivity contribution < 1.29 is 9.53 Å². The van der Waals surface area contributed by atoms with E-state index in [0.717, 1.165) is 29.9 Å². The number of nitrogens with one attached hydrogen (secondary N) is 2. The first kappa shape index (κ1) is 19.2. The standard InChI is InChI=1S/C19H24ClN5O2/c1-3-27-19(26)25-9-7-14(8-10-25)23-17-11-18(22-12-21-17)24-16-6-4-5-15(20)13(16)2/h4-6,11-12,14H,3,7-10H2,1-2H3,(H2,21,22,23,24). The smallest absolute Gasteiger partial charge is 0.409 e. The van der Waals surface area contributed by atoms with Crippen molar-refractivity contribution in [1.29, 1.82) is 0 Å². The van der Waals surface area contributed by atoms with Crippen molar-refractivity contribution in [2.75, 3.05) is 30.3 Å². The molecule has 0 unspecified atom stereocenters. The van der Waals surface area contributed by atoms with Crippen LogP contribution in [-0.2, 0) is 4.74 Å². The van der Waals surface area contributed by atoms with Crippen molar-refractivity contribution >= 4 is 35.0 Å². The lowest BCUT2D eigenvalue weighted by molar-refractivity contribution is 0.0983. The molecule has 0 saturated carbocycles. The number of carbonyl (C=O) groups is 1. The van der Waals surface area contributed by atoms with Crippen molar-refractivity contribution in [3.63, 3.8) is 0 Å². The van der Waals surface area contributed by atoms with Crippen molar-refractivity contribution in [2.24, 2.45) is 0 Å². The van der Waals surface area contributed by atoms with Crippen LogP contribution in [0.25, 0.3) is 0 Å². The minimum atomic E-state index is -0.235. The third kappa shape index (κ3) is 5.01. The number of likely N-dealkylation sites (tertiary alicyclic amines) is 1. The topological polar surface area (TPSA) is 79.4 Å². The van der Waals surface area contributed by atoms with E-state index in [4.69, 9.17) is 16.3 Å². The third-order valence-corrected chi connectivity index (χ3v) is 4.98. The van der Waals surface area contributed by atoms with Crippen LogP contribution >= 0.6 is 11.6 Å². The highest BCUT2D eigenvalue weighted by atomic mass is 35.5. The van der Waals surface area contributed by atoms with Crippen LogP contribution in [0.2, 0.25) is 5.02 Å². The minimum Gasteiger partial charge on any atom is -0.450 e. The summed E-state index contributed by atoms with van der Waals surface area (Å²) in [6, 6.07) is 7.85. The molecule has 27 heavy (non-hydrogen) atoms. The largest absolute Gasteiger partial charge is 0.450 e. The molecule has 1 aromatic heterocycles. The van der Waals surface area contributed by atoms with Gasteiger partial charge >= 0.3 is 6.09 Å². The van der Waals surface area contributed by atoms with Crippen LogP contribution in [-0.4, -0.2) is 46.7 Å². The number of halogens is 1. The molecule has 1 aliphatic rings. The predicted molar refractivity (Wildman–Crippen MR) is 107 cm³/mol. The number of piperidine rings is 1. The fourth-order valence-electron chi connectivity index (χ4n) is 3.02. The number of ether oxygens (including phenoxy) is 1. The molecule has 0 bridgehead atoms. The molecule has 1 aromatic carbocycles. The molecule has 3 rings (SSSR count). The van der Waals surface area contributed by atoms with Gasteiger partial charge in [0.2, 0.25) is 0 Å². The Morgan fingerprint density at radius 2 is 2.04 bits per heavy atom. The molecule has 1 aliphatic heterocycles. The van der Waals surface area contributed by atoms with Crippen LogP contribution < -0.4 is 10.6 Å². The van der Waals surface area contributed by atoms with Crippen LogP contribution in [0.15, 0.2) is 30.6 Å². The lowest BCUT2D eigenvalue weighted by Gasteiger charge is -2.31. The molecule has 0 spiro atoms. The molecular weight excluding hydrogens is 366 g/mol. The maximum atomic E-state index is 11.8. The maximum Gasteiger partial charge on any atom is 0.409 e. The molecule has 0 aliphatic carbocycles. The molecular formula is C19H24ClN5O2. The van der Waals surface area contributed by atoms with Gasteiger partial charge in [-0.3, -0.25) is 0 Å². The Labute approximate surface area is 164 Å². The molecule has 0 atom stereocenters. The van der Waals surface area contributed by atoms with Crippen LogP contribution in [0.5, 0.6) is 0 Å². The Morgan fingerprint density at radius 1 is 1.30 bits per heavy atom. The van der Waals surface area contributed by atoms with Gasteiger partial charge in [-0.05, 0) is 44.4 Å². The molecule has 2 heterocycles. The summed E-state index contributed by atoms with van der Waals surface area (Å²) in [5.41, 5.74) is 1.88. The number of hydrogen-bond acceptors (Lipinski definition) is 6. The summed E-state index contributed by atoms with van der Waals surface area (Å²) in [4.78, 5) is 22.1. The van der Waals surface area contributed by atoms with Gasteiger partial charge in [-0.1, -0.05) is 17.7 Å². The molecule has 1 amide bonds. The molecule has 1 fully saturated rings. The molecule has 2 N–H and O–H groups in total. The fourth-order valence-corrected chi connectivity index (χ4v) is 3.19. The Balaban J connectivity index is 1.58. The molecule has 1 saturated heterocycles. The maximum absolute atomic E-state index is 11.8. The first-order valence-electron chi connectivity index (χ1n) is 9.09. The van der Waals surface area contributed by atoms with Crippen molar-refractivity contribution in [1.82, 2.24) is 14.9 Å². The second-order valence-electron chi connectivity index (χ2n) is 6.43. The molecule has 2 aromatic rings. The fraction of sp³-hybridized carbons (Fsp3) is 0.421. The Bertz CT molecular complexity index is 793. The number of amides is 1. The number of nitrogens with zero attached hydrogens (tertiary/aromatic N) is 3. The van der Waals surface area contributed by atoms with Gasteiger partial charge in [-0.25, -0.2) is 14.8 Å². The van der Waals surface area contributed by atoms with Crippen molar-refractivity contribution in [2.45, 2.75) is 32.7 Å². The second kappa shape index (κ2) is 8.90. The lowest BCUT2D eigenvalue weighted by atomic mass is 10.1. The molecule has 8 heteroatoms. The summed E-state index contributed by atoms with van der Waals surface area (Å²) in [5, 5.41) is 7.42. The first-order chi connectivity index (χ1) is 13.1. The van der Waals surface area contributed by atoms with E-state index in [0.29, 0.717) is 30.5 Å². The summed E-state index contributed by atoms with van der Waals surface area (Å²) in [6.07, 6.45) is 2.98. The van der Waals surface area contributed by atoms with E-state index in [9.17, 15) is 4.79 Å². The number of carbonyl (C=O) groups excluding carboxylic acids is 1. The van der Waals surface area contributed by atoms with E-state index in [2.05, 4.69) is 20.6 Å². The zero-order chi connectivity index (χ0) is 19.2. The lowest BCUT2D eigenvalue weighted by Crippen LogP contribution is -2.42.